The molecule has 0 bridgehead atoms. The van der Waals surface area contributed by atoms with Gasteiger partial charge in [0.2, 0.25) is 0 Å². The number of aliphatic imine (C=N–C) groups is 1. The average Bonchev–Trinajstić information content (AvgIpc) is 2.85. The Balaban J connectivity index is 1.79. The van der Waals surface area contributed by atoms with Crippen LogP contribution < -0.4 is 11.1 Å². The van der Waals surface area contributed by atoms with Crippen LogP contribution in [0.15, 0.2) is 35.7 Å². The number of hydrogen-bond acceptors (Lipinski definition) is 2. The van der Waals surface area contributed by atoms with Crippen molar-refractivity contribution < 1.29 is 0 Å². The molecule has 0 aliphatic rings. The first-order chi connectivity index (χ1) is 10.0. The molecular formula is C14H17Cl2N5. The minimum atomic E-state index is 0.357. The van der Waals surface area contributed by atoms with E-state index in [0.717, 1.165) is 24.3 Å². The molecular weight excluding hydrogens is 309 g/mol. The van der Waals surface area contributed by atoms with Crippen molar-refractivity contribution in [2.24, 2.45) is 10.7 Å². The SMILES string of the molecule is Cc1cn(CCCN=C(N)Nc2ccc(Cl)c(Cl)c2)cn1. The van der Waals surface area contributed by atoms with E-state index in [1.807, 2.05) is 24.0 Å². The lowest BCUT2D eigenvalue weighted by Gasteiger charge is -2.07. The van der Waals surface area contributed by atoms with Crippen molar-refractivity contribution >= 4 is 34.8 Å². The number of nitrogens with zero attached hydrogens (tertiary/aromatic N) is 3. The first-order valence-corrected chi connectivity index (χ1v) is 7.30. The number of guanidine groups is 1. The molecule has 0 radical (unpaired) electrons. The molecule has 1 aromatic carbocycles. The Hall–Kier alpha value is -1.72. The predicted octanol–water partition coefficient (Wildman–Crippen LogP) is 3.32. The normalized spacial score (nSPS) is 11.7. The second-order valence-electron chi connectivity index (χ2n) is 4.63. The minimum absolute atomic E-state index is 0.357. The smallest absolute Gasteiger partial charge is 0.193 e. The minimum Gasteiger partial charge on any atom is -0.370 e. The highest BCUT2D eigenvalue weighted by molar-refractivity contribution is 6.42. The van der Waals surface area contributed by atoms with Crippen LogP contribution in [0, 0.1) is 6.92 Å². The zero-order valence-corrected chi connectivity index (χ0v) is 13.2. The Morgan fingerprint density at radius 3 is 2.86 bits per heavy atom. The summed E-state index contributed by atoms with van der Waals surface area (Å²) in [6.45, 7) is 3.47. The van der Waals surface area contributed by atoms with Crippen LogP contribution in [0.5, 0.6) is 0 Å². The van der Waals surface area contributed by atoms with E-state index in [2.05, 4.69) is 15.3 Å². The summed E-state index contributed by atoms with van der Waals surface area (Å²) in [5, 5.41) is 3.96. The van der Waals surface area contributed by atoms with Gasteiger partial charge in [-0.05, 0) is 31.5 Å². The van der Waals surface area contributed by atoms with E-state index in [9.17, 15) is 0 Å². The largest absolute Gasteiger partial charge is 0.370 e. The number of benzene rings is 1. The van der Waals surface area contributed by atoms with Gasteiger partial charge in [-0.15, -0.1) is 0 Å². The molecule has 2 aromatic rings. The van der Waals surface area contributed by atoms with E-state index in [0.29, 0.717) is 22.5 Å². The van der Waals surface area contributed by atoms with E-state index in [4.69, 9.17) is 28.9 Å². The van der Waals surface area contributed by atoms with Gasteiger partial charge in [-0.3, -0.25) is 4.99 Å². The van der Waals surface area contributed by atoms with Gasteiger partial charge >= 0.3 is 0 Å². The number of rotatable bonds is 5. The van der Waals surface area contributed by atoms with Crippen LogP contribution in [0.25, 0.3) is 0 Å². The summed E-state index contributed by atoms with van der Waals surface area (Å²) >= 11 is 11.8. The highest BCUT2D eigenvalue weighted by Crippen LogP contribution is 2.24. The molecule has 3 N–H and O–H groups in total. The molecule has 2 rings (SSSR count). The maximum absolute atomic E-state index is 5.93. The fourth-order valence-corrected chi connectivity index (χ4v) is 2.11. The number of hydrogen-bond donors (Lipinski definition) is 2. The monoisotopic (exact) mass is 325 g/mol. The lowest BCUT2D eigenvalue weighted by molar-refractivity contribution is 0.650. The average molecular weight is 326 g/mol. The zero-order chi connectivity index (χ0) is 15.2. The van der Waals surface area contributed by atoms with E-state index < -0.39 is 0 Å². The highest BCUT2D eigenvalue weighted by Gasteiger charge is 2.00. The zero-order valence-electron chi connectivity index (χ0n) is 11.7. The summed E-state index contributed by atoms with van der Waals surface area (Å²) in [6, 6.07) is 5.21. The van der Waals surface area contributed by atoms with Crippen molar-refractivity contribution in [3.8, 4) is 0 Å². The van der Waals surface area contributed by atoms with Gasteiger partial charge in [0.1, 0.15) is 0 Å². The summed E-state index contributed by atoms with van der Waals surface area (Å²) in [6.07, 6.45) is 4.71. The molecule has 0 atom stereocenters. The Kier molecular flexibility index (Phi) is 5.47. The fourth-order valence-electron chi connectivity index (χ4n) is 1.81. The van der Waals surface area contributed by atoms with Crippen molar-refractivity contribution in [3.63, 3.8) is 0 Å². The van der Waals surface area contributed by atoms with Crippen LogP contribution in [0.1, 0.15) is 12.1 Å². The van der Waals surface area contributed by atoms with Crippen LogP contribution in [0.3, 0.4) is 0 Å². The molecule has 0 unspecified atom stereocenters. The third-order valence-corrected chi connectivity index (χ3v) is 3.55. The van der Waals surface area contributed by atoms with Gasteiger partial charge in [0.15, 0.2) is 5.96 Å². The van der Waals surface area contributed by atoms with Crippen molar-refractivity contribution in [1.82, 2.24) is 9.55 Å². The number of nitrogens with two attached hydrogens (primary N) is 1. The number of imidazole rings is 1. The van der Waals surface area contributed by atoms with Gasteiger partial charge in [-0.25, -0.2) is 4.98 Å². The van der Waals surface area contributed by atoms with Gasteiger partial charge in [0, 0.05) is 25.0 Å². The molecule has 5 nitrogen and oxygen atoms in total. The second kappa shape index (κ2) is 7.33. The lowest BCUT2D eigenvalue weighted by Crippen LogP contribution is -2.23. The summed E-state index contributed by atoms with van der Waals surface area (Å²) in [5.74, 6) is 0.357. The lowest BCUT2D eigenvalue weighted by atomic mass is 10.3. The molecule has 0 aliphatic carbocycles. The van der Waals surface area contributed by atoms with Crippen LogP contribution in [-0.2, 0) is 6.54 Å². The van der Waals surface area contributed by atoms with E-state index in [1.54, 1.807) is 18.2 Å². The van der Waals surface area contributed by atoms with Crippen LogP contribution in [0.4, 0.5) is 5.69 Å². The van der Waals surface area contributed by atoms with Crippen molar-refractivity contribution in [3.05, 3.63) is 46.5 Å². The number of halogens is 2. The molecule has 0 aliphatic heterocycles. The Bertz CT molecular complexity index is 636. The van der Waals surface area contributed by atoms with E-state index in [1.165, 1.54) is 0 Å². The van der Waals surface area contributed by atoms with Crippen LogP contribution in [-0.4, -0.2) is 22.1 Å². The third-order valence-electron chi connectivity index (χ3n) is 2.81. The quantitative estimate of drug-likeness (QED) is 0.503. The Morgan fingerprint density at radius 1 is 1.38 bits per heavy atom. The predicted molar refractivity (Wildman–Crippen MR) is 88.2 cm³/mol. The highest BCUT2D eigenvalue weighted by atomic mass is 35.5. The van der Waals surface area contributed by atoms with Gasteiger partial charge in [-0.2, -0.15) is 0 Å². The summed E-state index contributed by atoms with van der Waals surface area (Å²) in [7, 11) is 0. The molecule has 21 heavy (non-hydrogen) atoms. The molecule has 0 amide bonds. The summed E-state index contributed by atoms with van der Waals surface area (Å²) in [5.41, 5.74) is 7.59. The molecule has 1 aromatic heterocycles. The Morgan fingerprint density at radius 2 is 2.19 bits per heavy atom. The molecule has 0 fully saturated rings. The summed E-state index contributed by atoms with van der Waals surface area (Å²) in [4.78, 5) is 8.44. The number of aryl methyl sites for hydroxylation is 2. The second-order valence-corrected chi connectivity index (χ2v) is 5.44. The number of nitrogens with one attached hydrogen (secondary N) is 1. The van der Waals surface area contributed by atoms with Gasteiger partial charge in [0.05, 0.1) is 22.1 Å². The van der Waals surface area contributed by atoms with Crippen molar-refractivity contribution in [2.45, 2.75) is 19.9 Å². The van der Waals surface area contributed by atoms with Crippen molar-refractivity contribution in [2.75, 3.05) is 11.9 Å². The van der Waals surface area contributed by atoms with Crippen LogP contribution >= 0.6 is 23.2 Å². The van der Waals surface area contributed by atoms with E-state index >= 15 is 0 Å². The van der Waals surface area contributed by atoms with Gasteiger partial charge < -0.3 is 15.6 Å². The third kappa shape index (κ3) is 4.95. The fraction of sp³-hybridized carbons (Fsp3) is 0.286. The van der Waals surface area contributed by atoms with Gasteiger partial charge in [0.25, 0.3) is 0 Å². The molecule has 0 saturated heterocycles. The number of aromatic nitrogens is 2. The summed E-state index contributed by atoms with van der Waals surface area (Å²) < 4.78 is 2.04. The topological polar surface area (TPSA) is 68.2 Å². The van der Waals surface area contributed by atoms with Crippen molar-refractivity contribution in [1.29, 1.82) is 0 Å². The number of anilines is 1. The van der Waals surface area contributed by atoms with Crippen LogP contribution in [0.2, 0.25) is 10.0 Å². The maximum Gasteiger partial charge on any atom is 0.193 e. The molecule has 1 heterocycles. The maximum atomic E-state index is 5.93. The first-order valence-electron chi connectivity index (χ1n) is 6.55. The van der Waals surface area contributed by atoms with Gasteiger partial charge in [-0.1, -0.05) is 23.2 Å². The molecule has 0 saturated carbocycles. The molecule has 7 heteroatoms. The Labute approximate surface area is 133 Å². The standard InChI is InChI=1S/C14H17Cl2N5/c1-10-8-21(9-19-10)6-2-5-18-14(17)20-11-3-4-12(15)13(16)7-11/h3-4,7-9H,2,5-6H2,1H3,(H3,17,18,20). The van der Waals surface area contributed by atoms with E-state index in [-0.39, 0.29) is 0 Å². The molecule has 0 spiro atoms. The first kappa shape index (κ1) is 15.7. The molecule has 112 valence electrons.